The van der Waals surface area contributed by atoms with Gasteiger partial charge in [0.05, 0.1) is 6.61 Å². The van der Waals surface area contributed by atoms with Gasteiger partial charge in [-0.3, -0.25) is 0 Å². The molecule has 0 saturated carbocycles. The third-order valence-corrected chi connectivity index (χ3v) is 3.96. The van der Waals surface area contributed by atoms with Gasteiger partial charge in [0.1, 0.15) is 18.5 Å². The van der Waals surface area contributed by atoms with Crippen LogP contribution < -0.4 is 10.5 Å². The number of aromatic nitrogens is 3. The monoisotopic (exact) mass is 302 g/mol. The molecule has 0 spiro atoms. The number of rotatable bonds is 4. The van der Waals surface area contributed by atoms with E-state index in [-0.39, 0.29) is 12.1 Å². The number of hydrogen-bond donors (Lipinski definition) is 1. The van der Waals surface area contributed by atoms with Crippen molar-refractivity contribution in [2.75, 3.05) is 6.61 Å². The highest BCUT2D eigenvalue weighted by Crippen LogP contribution is 2.26. The molecule has 1 aliphatic heterocycles. The van der Waals surface area contributed by atoms with Gasteiger partial charge in [0.25, 0.3) is 0 Å². The molecule has 1 saturated heterocycles. The third-order valence-electron chi connectivity index (χ3n) is 3.96. The molecule has 22 heavy (non-hydrogen) atoms. The molecule has 0 radical (unpaired) electrons. The fraction of sp³-hybridized carbons (Fsp3) is 0.500. The first-order chi connectivity index (χ1) is 10.6. The van der Waals surface area contributed by atoms with Crippen molar-refractivity contribution in [3.63, 3.8) is 0 Å². The van der Waals surface area contributed by atoms with Crippen LogP contribution in [0, 0.1) is 6.92 Å². The molecule has 0 bridgehead atoms. The second kappa shape index (κ2) is 6.46. The lowest BCUT2D eigenvalue weighted by Crippen LogP contribution is -2.33. The minimum absolute atomic E-state index is 0.0231. The minimum atomic E-state index is -0.0231. The molecular formula is C16H22N4O2. The van der Waals surface area contributed by atoms with Gasteiger partial charge in [-0.05, 0) is 37.5 Å². The standard InChI is InChI=1S/C16H22N4O2/c1-11-4-3-5-13(8-11)21-10-15-18-19-16(20(15)2)14-7-6-12(17)9-22-14/h3-5,8,12,14H,6-7,9-10,17H2,1-2H3/t12?,14-/m0/s1. The molecular weight excluding hydrogens is 280 g/mol. The molecule has 2 N–H and O–H groups in total. The van der Waals surface area contributed by atoms with Crippen molar-refractivity contribution in [2.24, 2.45) is 12.8 Å². The Morgan fingerprint density at radius 1 is 1.36 bits per heavy atom. The summed E-state index contributed by atoms with van der Waals surface area (Å²) in [5, 5.41) is 8.49. The van der Waals surface area contributed by atoms with E-state index in [4.69, 9.17) is 15.2 Å². The largest absolute Gasteiger partial charge is 0.486 e. The first kappa shape index (κ1) is 15.0. The Morgan fingerprint density at radius 2 is 2.23 bits per heavy atom. The van der Waals surface area contributed by atoms with E-state index in [1.807, 2.05) is 42.8 Å². The minimum Gasteiger partial charge on any atom is -0.486 e. The predicted octanol–water partition coefficient (Wildman–Crippen LogP) is 1.88. The predicted molar refractivity (Wildman–Crippen MR) is 82.4 cm³/mol. The summed E-state index contributed by atoms with van der Waals surface area (Å²) in [5.74, 6) is 2.47. The van der Waals surface area contributed by atoms with Gasteiger partial charge in [0.2, 0.25) is 0 Å². The van der Waals surface area contributed by atoms with Crippen LogP contribution in [-0.4, -0.2) is 27.4 Å². The highest BCUT2D eigenvalue weighted by atomic mass is 16.5. The van der Waals surface area contributed by atoms with E-state index < -0.39 is 0 Å². The van der Waals surface area contributed by atoms with Crippen LogP contribution in [0.25, 0.3) is 0 Å². The number of aryl methyl sites for hydroxylation is 1. The molecule has 6 nitrogen and oxygen atoms in total. The maximum absolute atomic E-state index is 5.85. The number of benzene rings is 1. The summed E-state index contributed by atoms with van der Waals surface area (Å²) in [6, 6.07) is 8.09. The summed E-state index contributed by atoms with van der Waals surface area (Å²) in [6.45, 7) is 3.00. The number of nitrogens with two attached hydrogens (primary N) is 1. The SMILES string of the molecule is Cc1cccc(OCc2nnc([C@@H]3CCC(N)CO3)n2C)c1. The van der Waals surface area contributed by atoms with Crippen molar-refractivity contribution < 1.29 is 9.47 Å². The Balaban J connectivity index is 1.66. The number of hydrogen-bond acceptors (Lipinski definition) is 5. The fourth-order valence-corrected chi connectivity index (χ4v) is 2.61. The van der Waals surface area contributed by atoms with Crippen LogP contribution in [-0.2, 0) is 18.4 Å². The van der Waals surface area contributed by atoms with Gasteiger partial charge in [0, 0.05) is 13.1 Å². The van der Waals surface area contributed by atoms with Crippen molar-refractivity contribution in [1.29, 1.82) is 0 Å². The zero-order valence-electron chi connectivity index (χ0n) is 13.0. The highest BCUT2D eigenvalue weighted by Gasteiger charge is 2.25. The normalized spacial score (nSPS) is 21.8. The third kappa shape index (κ3) is 3.28. The second-order valence-corrected chi connectivity index (χ2v) is 5.80. The summed E-state index contributed by atoms with van der Waals surface area (Å²) in [5.41, 5.74) is 7.02. The lowest BCUT2D eigenvalue weighted by molar-refractivity contribution is -0.00290. The molecule has 1 fully saturated rings. The summed E-state index contributed by atoms with van der Waals surface area (Å²) in [4.78, 5) is 0. The Labute approximate surface area is 130 Å². The molecule has 118 valence electrons. The zero-order chi connectivity index (χ0) is 15.5. The van der Waals surface area contributed by atoms with Crippen LogP contribution in [0.15, 0.2) is 24.3 Å². The van der Waals surface area contributed by atoms with E-state index in [1.165, 1.54) is 5.56 Å². The molecule has 1 aromatic heterocycles. The number of ether oxygens (including phenoxy) is 2. The fourth-order valence-electron chi connectivity index (χ4n) is 2.61. The summed E-state index contributed by atoms with van der Waals surface area (Å²) < 4.78 is 13.5. The maximum Gasteiger partial charge on any atom is 0.170 e. The number of nitrogens with zero attached hydrogens (tertiary/aromatic N) is 3. The van der Waals surface area contributed by atoms with Crippen molar-refractivity contribution in [3.05, 3.63) is 41.5 Å². The smallest absolute Gasteiger partial charge is 0.170 e. The van der Waals surface area contributed by atoms with E-state index in [1.54, 1.807) is 0 Å². The topological polar surface area (TPSA) is 75.2 Å². The first-order valence-electron chi connectivity index (χ1n) is 7.58. The van der Waals surface area contributed by atoms with Crippen LogP contribution in [0.1, 0.15) is 36.2 Å². The molecule has 2 heterocycles. The Morgan fingerprint density at radius 3 is 2.95 bits per heavy atom. The molecule has 0 aliphatic carbocycles. The summed E-state index contributed by atoms with van der Waals surface area (Å²) in [6.07, 6.45) is 1.81. The lowest BCUT2D eigenvalue weighted by Gasteiger charge is -2.25. The Hall–Kier alpha value is -1.92. The van der Waals surface area contributed by atoms with Gasteiger partial charge in [-0.15, -0.1) is 10.2 Å². The van der Waals surface area contributed by atoms with E-state index in [2.05, 4.69) is 10.2 Å². The van der Waals surface area contributed by atoms with E-state index in [0.717, 1.165) is 30.2 Å². The molecule has 2 atom stereocenters. The molecule has 1 aromatic carbocycles. The van der Waals surface area contributed by atoms with Crippen molar-refractivity contribution >= 4 is 0 Å². The van der Waals surface area contributed by atoms with Crippen LogP contribution in [0.2, 0.25) is 0 Å². The van der Waals surface area contributed by atoms with Crippen molar-refractivity contribution in [2.45, 2.75) is 38.5 Å². The van der Waals surface area contributed by atoms with Crippen molar-refractivity contribution in [1.82, 2.24) is 14.8 Å². The Kier molecular flexibility index (Phi) is 4.40. The van der Waals surface area contributed by atoms with Gasteiger partial charge >= 0.3 is 0 Å². The van der Waals surface area contributed by atoms with Gasteiger partial charge in [-0.25, -0.2) is 0 Å². The van der Waals surface area contributed by atoms with Crippen LogP contribution >= 0.6 is 0 Å². The molecule has 3 rings (SSSR count). The quantitative estimate of drug-likeness (QED) is 0.933. The van der Waals surface area contributed by atoms with Gasteiger partial charge in [-0.1, -0.05) is 12.1 Å². The molecule has 0 amide bonds. The first-order valence-corrected chi connectivity index (χ1v) is 7.58. The van der Waals surface area contributed by atoms with E-state index in [9.17, 15) is 0 Å². The average molecular weight is 302 g/mol. The Bertz CT molecular complexity index is 633. The van der Waals surface area contributed by atoms with Crippen LogP contribution in [0.5, 0.6) is 5.75 Å². The van der Waals surface area contributed by atoms with E-state index in [0.29, 0.717) is 13.2 Å². The summed E-state index contributed by atoms with van der Waals surface area (Å²) in [7, 11) is 1.95. The maximum atomic E-state index is 5.85. The van der Waals surface area contributed by atoms with Gasteiger partial charge < -0.3 is 19.8 Å². The zero-order valence-corrected chi connectivity index (χ0v) is 13.0. The van der Waals surface area contributed by atoms with Crippen LogP contribution in [0.3, 0.4) is 0 Å². The molecule has 6 heteroatoms. The van der Waals surface area contributed by atoms with Gasteiger partial charge in [0.15, 0.2) is 11.6 Å². The molecule has 1 unspecified atom stereocenters. The second-order valence-electron chi connectivity index (χ2n) is 5.80. The van der Waals surface area contributed by atoms with E-state index >= 15 is 0 Å². The molecule has 2 aromatic rings. The summed E-state index contributed by atoms with van der Waals surface area (Å²) >= 11 is 0. The van der Waals surface area contributed by atoms with Crippen molar-refractivity contribution in [3.8, 4) is 5.75 Å². The van der Waals surface area contributed by atoms with Gasteiger partial charge in [-0.2, -0.15) is 0 Å². The highest BCUT2D eigenvalue weighted by molar-refractivity contribution is 5.27. The average Bonchev–Trinajstić information content (AvgIpc) is 2.87. The molecule has 1 aliphatic rings. The lowest BCUT2D eigenvalue weighted by atomic mass is 10.1. The van der Waals surface area contributed by atoms with Crippen LogP contribution in [0.4, 0.5) is 0 Å².